The molecule has 1 amide bonds. The van der Waals surface area contributed by atoms with Crippen LogP contribution in [0.1, 0.15) is 28.9 Å². The number of nitrogens with zero attached hydrogens (tertiary/aromatic N) is 3. The third kappa shape index (κ3) is 3.11. The third-order valence-corrected chi connectivity index (χ3v) is 4.85. The van der Waals surface area contributed by atoms with E-state index in [1.54, 1.807) is 18.5 Å². The molecule has 3 heterocycles. The summed E-state index contributed by atoms with van der Waals surface area (Å²) in [4.78, 5) is 26.4. The van der Waals surface area contributed by atoms with E-state index in [0.29, 0.717) is 10.7 Å². The van der Waals surface area contributed by atoms with Gasteiger partial charge in [-0.2, -0.15) is 0 Å². The van der Waals surface area contributed by atoms with Crippen molar-refractivity contribution in [1.29, 1.82) is 0 Å². The van der Waals surface area contributed by atoms with Gasteiger partial charge < -0.3 is 4.98 Å². The van der Waals surface area contributed by atoms with Gasteiger partial charge in [0, 0.05) is 17.5 Å². The van der Waals surface area contributed by atoms with E-state index in [1.165, 1.54) is 24.2 Å². The Morgan fingerprint density at radius 3 is 3.09 bits per heavy atom. The summed E-state index contributed by atoms with van der Waals surface area (Å²) in [5, 5.41) is 5.54. The fourth-order valence-corrected chi connectivity index (χ4v) is 3.55. The molecule has 0 radical (unpaired) electrons. The summed E-state index contributed by atoms with van der Waals surface area (Å²) in [6.07, 6.45) is 4.16. The normalized spacial score (nSPS) is 15.3. The van der Waals surface area contributed by atoms with Crippen LogP contribution in [0.15, 0.2) is 29.9 Å². The van der Waals surface area contributed by atoms with Crippen molar-refractivity contribution in [2.75, 3.05) is 18.4 Å². The number of hydrogen-bond donors (Lipinski definition) is 2. The van der Waals surface area contributed by atoms with Gasteiger partial charge in [0.1, 0.15) is 0 Å². The zero-order chi connectivity index (χ0) is 15.6. The van der Waals surface area contributed by atoms with Crippen LogP contribution in [-0.2, 0) is 6.54 Å². The summed E-state index contributed by atoms with van der Waals surface area (Å²) in [6, 6.07) is 5.41. The molecule has 0 unspecified atom stereocenters. The first-order valence-corrected chi connectivity index (χ1v) is 8.57. The highest BCUT2D eigenvalue weighted by Crippen LogP contribution is 2.20. The number of H-pyrrole nitrogens is 1. The Labute approximate surface area is 137 Å². The maximum atomic E-state index is 12.3. The fraction of sp³-hybridized carbons (Fsp3) is 0.312. The van der Waals surface area contributed by atoms with Crippen LogP contribution in [0.4, 0.5) is 5.13 Å². The number of amides is 1. The summed E-state index contributed by atoms with van der Waals surface area (Å²) in [5.74, 6) is -0.149. The number of likely N-dealkylation sites (tertiary alicyclic amines) is 1. The second-order valence-corrected chi connectivity index (χ2v) is 6.57. The van der Waals surface area contributed by atoms with Gasteiger partial charge in [0.15, 0.2) is 5.13 Å². The predicted molar refractivity (Wildman–Crippen MR) is 90.7 cm³/mol. The molecule has 1 aliphatic heterocycles. The van der Waals surface area contributed by atoms with E-state index < -0.39 is 0 Å². The van der Waals surface area contributed by atoms with E-state index in [2.05, 4.69) is 25.2 Å². The minimum atomic E-state index is -0.149. The quantitative estimate of drug-likeness (QED) is 0.773. The summed E-state index contributed by atoms with van der Waals surface area (Å²) < 4.78 is 0. The second-order valence-electron chi connectivity index (χ2n) is 5.72. The molecular formula is C16H17N5OS. The van der Waals surface area contributed by atoms with Gasteiger partial charge >= 0.3 is 0 Å². The van der Waals surface area contributed by atoms with Crippen molar-refractivity contribution in [3.63, 3.8) is 0 Å². The van der Waals surface area contributed by atoms with Crippen LogP contribution in [-0.4, -0.2) is 38.8 Å². The Morgan fingerprint density at radius 1 is 1.35 bits per heavy atom. The van der Waals surface area contributed by atoms with E-state index in [-0.39, 0.29) is 5.91 Å². The van der Waals surface area contributed by atoms with Crippen LogP contribution in [0.25, 0.3) is 11.0 Å². The molecule has 2 aromatic heterocycles. The summed E-state index contributed by atoms with van der Waals surface area (Å²) in [5.41, 5.74) is 3.32. The SMILES string of the molecule is O=C(Nc1nc(CN2CCCC2)cs1)c1ccc2nc[nH]c2c1. The van der Waals surface area contributed by atoms with Crippen molar-refractivity contribution < 1.29 is 4.79 Å². The predicted octanol–water partition coefficient (Wildman–Crippen LogP) is 2.87. The number of thiazole rings is 1. The van der Waals surface area contributed by atoms with Crippen LogP contribution in [0.5, 0.6) is 0 Å². The number of hydrogen-bond acceptors (Lipinski definition) is 5. The van der Waals surface area contributed by atoms with Crippen LogP contribution < -0.4 is 5.32 Å². The molecule has 1 fully saturated rings. The number of aromatic nitrogens is 3. The van der Waals surface area contributed by atoms with Crippen molar-refractivity contribution >= 4 is 33.4 Å². The first-order chi connectivity index (χ1) is 11.3. The van der Waals surface area contributed by atoms with Crippen molar-refractivity contribution in [3.05, 3.63) is 41.2 Å². The number of carbonyl (C=O) groups excluding carboxylic acids is 1. The van der Waals surface area contributed by atoms with E-state index >= 15 is 0 Å². The molecule has 0 saturated carbocycles. The van der Waals surface area contributed by atoms with Crippen LogP contribution >= 0.6 is 11.3 Å². The largest absolute Gasteiger partial charge is 0.345 e. The zero-order valence-electron chi connectivity index (χ0n) is 12.6. The number of anilines is 1. The van der Waals surface area contributed by atoms with Gasteiger partial charge in [0.05, 0.1) is 23.1 Å². The molecular weight excluding hydrogens is 310 g/mol. The number of carbonyl (C=O) groups is 1. The summed E-state index contributed by atoms with van der Waals surface area (Å²) >= 11 is 1.47. The van der Waals surface area contributed by atoms with Crippen LogP contribution in [0.3, 0.4) is 0 Å². The minimum absolute atomic E-state index is 0.149. The van der Waals surface area contributed by atoms with Gasteiger partial charge in [-0.05, 0) is 44.1 Å². The Bertz CT molecular complexity index is 834. The summed E-state index contributed by atoms with van der Waals surface area (Å²) in [6.45, 7) is 3.15. The lowest BCUT2D eigenvalue weighted by molar-refractivity contribution is 0.102. The molecule has 0 bridgehead atoms. The van der Waals surface area contributed by atoms with Gasteiger partial charge in [-0.15, -0.1) is 11.3 Å². The highest BCUT2D eigenvalue weighted by Gasteiger charge is 2.15. The number of nitrogens with one attached hydrogen (secondary N) is 2. The molecule has 1 saturated heterocycles. The number of rotatable bonds is 4. The van der Waals surface area contributed by atoms with Crippen molar-refractivity contribution in [1.82, 2.24) is 19.9 Å². The molecule has 23 heavy (non-hydrogen) atoms. The number of benzene rings is 1. The second kappa shape index (κ2) is 6.10. The van der Waals surface area contributed by atoms with E-state index in [9.17, 15) is 4.79 Å². The summed E-state index contributed by atoms with van der Waals surface area (Å²) in [7, 11) is 0. The fourth-order valence-electron chi connectivity index (χ4n) is 2.85. The van der Waals surface area contributed by atoms with E-state index in [1.807, 2.05) is 11.4 Å². The average Bonchev–Trinajstić information content (AvgIpc) is 3.28. The van der Waals surface area contributed by atoms with Gasteiger partial charge in [0.2, 0.25) is 0 Å². The maximum Gasteiger partial charge on any atom is 0.257 e. The van der Waals surface area contributed by atoms with Gasteiger partial charge in [0.25, 0.3) is 5.91 Å². The first-order valence-electron chi connectivity index (χ1n) is 7.69. The molecule has 1 aliphatic rings. The maximum absolute atomic E-state index is 12.3. The lowest BCUT2D eigenvalue weighted by Gasteiger charge is -2.11. The number of fused-ring (bicyclic) bond motifs is 1. The highest BCUT2D eigenvalue weighted by atomic mass is 32.1. The Morgan fingerprint density at radius 2 is 2.22 bits per heavy atom. The monoisotopic (exact) mass is 327 g/mol. The standard InChI is InChI=1S/C16H17N5OS/c22-15(11-3-4-13-14(7-11)18-10-17-13)20-16-19-12(9-23-16)8-21-5-1-2-6-21/h3-4,7,9-10H,1-2,5-6,8H2,(H,17,18)(H,19,20,22). The third-order valence-electron chi connectivity index (χ3n) is 4.04. The Hall–Kier alpha value is -2.25. The molecule has 1 aromatic carbocycles. The first kappa shape index (κ1) is 14.3. The van der Waals surface area contributed by atoms with Gasteiger partial charge in [-0.1, -0.05) is 0 Å². The Balaban J connectivity index is 1.44. The Kier molecular flexibility index (Phi) is 3.80. The van der Waals surface area contributed by atoms with Crippen molar-refractivity contribution in [2.45, 2.75) is 19.4 Å². The molecule has 7 heteroatoms. The highest BCUT2D eigenvalue weighted by molar-refractivity contribution is 7.13. The van der Waals surface area contributed by atoms with Crippen molar-refractivity contribution in [2.24, 2.45) is 0 Å². The smallest absolute Gasteiger partial charge is 0.257 e. The van der Waals surface area contributed by atoms with Crippen LogP contribution in [0.2, 0.25) is 0 Å². The molecule has 4 rings (SSSR count). The average molecular weight is 327 g/mol. The molecule has 0 spiro atoms. The number of imidazole rings is 1. The lowest BCUT2D eigenvalue weighted by atomic mass is 10.2. The number of aromatic amines is 1. The zero-order valence-corrected chi connectivity index (χ0v) is 13.4. The van der Waals surface area contributed by atoms with E-state index in [4.69, 9.17) is 0 Å². The molecule has 6 nitrogen and oxygen atoms in total. The van der Waals surface area contributed by atoms with Gasteiger partial charge in [-0.25, -0.2) is 9.97 Å². The van der Waals surface area contributed by atoms with Crippen molar-refractivity contribution in [3.8, 4) is 0 Å². The molecule has 2 N–H and O–H groups in total. The molecule has 0 atom stereocenters. The molecule has 118 valence electrons. The van der Waals surface area contributed by atoms with Crippen LogP contribution in [0, 0.1) is 0 Å². The molecule has 3 aromatic rings. The molecule has 0 aliphatic carbocycles. The van der Waals surface area contributed by atoms with Gasteiger partial charge in [-0.3, -0.25) is 15.0 Å². The van der Waals surface area contributed by atoms with E-state index in [0.717, 1.165) is 36.4 Å². The minimum Gasteiger partial charge on any atom is -0.345 e. The topological polar surface area (TPSA) is 73.9 Å². The lowest BCUT2D eigenvalue weighted by Crippen LogP contribution is -2.18.